The molecule has 4 rings (SSSR count). The number of ether oxygens (including phenoxy) is 2. The Hall–Kier alpha value is -3.77. The molecule has 1 aromatic heterocycles. The molecule has 4 aromatic rings. The zero-order valence-electron chi connectivity index (χ0n) is 18.2. The first-order valence-electron chi connectivity index (χ1n) is 10.4. The maximum atomic E-state index is 13.3. The Morgan fingerprint density at radius 1 is 0.970 bits per heavy atom. The van der Waals surface area contributed by atoms with Gasteiger partial charge in [0.15, 0.2) is 12.4 Å². The molecule has 0 saturated carbocycles. The van der Waals surface area contributed by atoms with E-state index in [0.717, 1.165) is 5.56 Å². The van der Waals surface area contributed by atoms with Gasteiger partial charge in [-0.2, -0.15) is 0 Å². The van der Waals surface area contributed by atoms with Crippen molar-refractivity contribution in [2.45, 2.75) is 13.8 Å². The van der Waals surface area contributed by atoms with Crippen LogP contribution in [0.5, 0.6) is 11.5 Å². The summed E-state index contributed by atoms with van der Waals surface area (Å²) in [5.41, 5.74) is 2.00. The number of anilines is 1. The van der Waals surface area contributed by atoms with E-state index in [4.69, 9.17) is 25.5 Å². The Kier molecular flexibility index (Phi) is 6.66. The minimum absolute atomic E-state index is 0.0145. The van der Waals surface area contributed by atoms with Crippen LogP contribution in [0.4, 0.5) is 5.69 Å². The Bertz CT molecular complexity index is 1330. The van der Waals surface area contributed by atoms with Crippen LogP contribution in [0.3, 0.4) is 0 Å². The molecule has 1 heterocycles. The number of ketones is 1. The minimum atomic E-state index is -0.413. The van der Waals surface area contributed by atoms with Crippen LogP contribution >= 0.6 is 11.6 Å². The molecule has 0 unspecified atom stereocenters. The van der Waals surface area contributed by atoms with E-state index in [0.29, 0.717) is 45.3 Å². The third-order valence-corrected chi connectivity index (χ3v) is 5.31. The number of amides is 1. The van der Waals surface area contributed by atoms with Crippen molar-refractivity contribution in [3.63, 3.8) is 0 Å². The minimum Gasteiger partial charge on any atom is -0.492 e. The normalized spacial score (nSPS) is 10.8. The van der Waals surface area contributed by atoms with Gasteiger partial charge in [-0.05, 0) is 55.8 Å². The topological polar surface area (TPSA) is 77.8 Å². The van der Waals surface area contributed by atoms with Gasteiger partial charge in [-0.1, -0.05) is 41.9 Å². The van der Waals surface area contributed by atoms with Gasteiger partial charge in [-0.25, -0.2) is 0 Å². The average Bonchev–Trinajstić information content (AvgIpc) is 3.18. The molecule has 0 bridgehead atoms. The second-order valence-corrected chi connectivity index (χ2v) is 7.72. The first kappa shape index (κ1) is 22.4. The standard InChI is InChI=1S/C26H22ClNO5/c1-3-31-22-13-12-17(14-19(22)27)25(30)26-24(18-9-5-7-11-21(18)33-26)28-23(29)15-32-20-10-6-4-8-16(20)2/h4-14H,3,15H2,1-2H3,(H,28,29). The molecule has 33 heavy (non-hydrogen) atoms. The Morgan fingerprint density at radius 2 is 1.73 bits per heavy atom. The van der Waals surface area contributed by atoms with E-state index in [2.05, 4.69) is 5.32 Å². The summed E-state index contributed by atoms with van der Waals surface area (Å²) in [6, 6.07) is 19.3. The molecule has 0 atom stereocenters. The lowest BCUT2D eigenvalue weighted by molar-refractivity contribution is -0.118. The quantitative estimate of drug-likeness (QED) is 0.322. The number of halogens is 1. The molecule has 1 N–H and O–H groups in total. The van der Waals surface area contributed by atoms with Crippen LogP contribution in [-0.2, 0) is 4.79 Å². The lowest BCUT2D eigenvalue weighted by Gasteiger charge is -2.10. The first-order valence-corrected chi connectivity index (χ1v) is 10.8. The van der Waals surface area contributed by atoms with Gasteiger partial charge in [0, 0.05) is 10.9 Å². The highest BCUT2D eigenvalue weighted by molar-refractivity contribution is 6.32. The van der Waals surface area contributed by atoms with Gasteiger partial charge in [-0.15, -0.1) is 0 Å². The van der Waals surface area contributed by atoms with E-state index in [9.17, 15) is 9.59 Å². The molecular weight excluding hydrogens is 442 g/mol. The van der Waals surface area contributed by atoms with Crippen LogP contribution in [0.15, 0.2) is 71.1 Å². The van der Waals surface area contributed by atoms with E-state index in [1.54, 1.807) is 42.5 Å². The fraction of sp³-hybridized carbons (Fsp3) is 0.154. The fourth-order valence-electron chi connectivity index (χ4n) is 3.41. The predicted molar refractivity (Wildman–Crippen MR) is 128 cm³/mol. The fourth-order valence-corrected chi connectivity index (χ4v) is 3.65. The molecule has 1 amide bonds. The lowest BCUT2D eigenvalue weighted by Crippen LogP contribution is -2.21. The monoisotopic (exact) mass is 463 g/mol. The van der Waals surface area contributed by atoms with Crippen LogP contribution in [0.25, 0.3) is 11.0 Å². The number of furan rings is 1. The first-order chi connectivity index (χ1) is 16.0. The molecule has 0 aliphatic carbocycles. The zero-order valence-corrected chi connectivity index (χ0v) is 18.9. The number of benzene rings is 3. The molecule has 168 valence electrons. The molecule has 0 aliphatic heterocycles. The van der Waals surface area contributed by atoms with Crippen molar-refractivity contribution in [2.75, 3.05) is 18.5 Å². The third kappa shape index (κ3) is 4.86. The SMILES string of the molecule is CCOc1ccc(C(=O)c2oc3ccccc3c2NC(=O)COc2ccccc2C)cc1Cl. The van der Waals surface area contributed by atoms with Gasteiger partial charge in [0.25, 0.3) is 5.91 Å². The summed E-state index contributed by atoms with van der Waals surface area (Å²) in [6.45, 7) is 3.99. The zero-order chi connectivity index (χ0) is 23.4. The summed E-state index contributed by atoms with van der Waals surface area (Å²) in [5.74, 6) is 0.294. The highest BCUT2D eigenvalue weighted by Crippen LogP contribution is 2.34. The van der Waals surface area contributed by atoms with Gasteiger partial charge >= 0.3 is 0 Å². The van der Waals surface area contributed by atoms with Crippen molar-refractivity contribution >= 4 is 39.9 Å². The number of hydrogen-bond acceptors (Lipinski definition) is 5. The van der Waals surface area contributed by atoms with Crippen molar-refractivity contribution in [1.82, 2.24) is 0 Å². The highest BCUT2D eigenvalue weighted by atomic mass is 35.5. The number of rotatable bonds is 8. The van der Waals surface area contributed by atoms with Crippen molar-refractivity contribution < 1.29 is 23.5 Å². The molecule has 0 aliphatic rings. The molecule has 0 radical (unpaired) electrons. The molecular formula is C26H22ClNO5. The molecule has 6 nitrogen and oxygen atoms in total. The molecule has 3 aromatic carbocycles. The molecule has 0 saturated heterocycles. The van der Waals surface area contributed by atoms with Crippen LogP contribution < -0.4 is 14.8 Å². The number of para-hydroxylation sites is 2. The number of fused-ring (bicyclic) bond motifs is 1. The summed E-state index contributed by atoms with van der Waals surface area (Å²) in [7, 11) is 0. The maximum absolute atomic E-state index is 13.3. The van der Waals surface area contributed by atoms with Crippen LogP contribution in [0.2, 0.25) is 5.02 Å². The molecule has 0 spiro atoms. The van der Waals surface area contributed by atoms with Crippen LogP contribution in [0, 0.1) is 6.92 Å². The Morgan fingerprint density at radius 3 is 2.48 bits per heavy atom. The second kappa shape index (κ2) is 9.79. The molecule has 0 fully saturated rings. The van der Waals surface area contributed by atoms with Gasteiger partial charge in [0.1, 0.15) is 17.1 Å². The smallest absolute Gasteiger partial charge is 0.262 e. The lowest BCUT2D eigenvalue weighted by atomic mass is 10.1. The number of hydrogen-bond donors (Lipinski definition) is 1. The van der Waals surface area contributed by atoms with Crippen molar-refractivity contribution in [3.8, 4) is 11.5 Å². The highest BCUT2D eigenvalue weighted by Gasteiger charge is 2.24. The van der Waals surface area contributed by atoms with Crippen molar-refractivity contribution in [2.24, 2.45) is 0 Å². The van der Waals surface area contributed by atoms with Gasteiger partial charge in [0.2, 0.25) is 5.78 Å². The van der Waals surface area contributed by atoms with E-state index in [1.165, 1.54) is 6.07 Å². The van der Waals surface area contributed by atoms with Crippen LogP contribution in [-0.4, -0.2) is 24.9 Å². The van der Waals surface area contributed by atoms with Crippen LogP contribution in [0.1, 0.15) is 28.6 Å². The Balaban J connectivity index is 1.62. The summed E-state index contributed by atoms with van der Waals surface area (Å²) in [5, 5.41) is 3.71. The Labute approximate surface area is 196 Å². The summed E-state index contributed by atoms with van der Waals surface area (Å²) in [4.78, 5) is 26.0. The number of aryl methyl sites for hydroxylation is 1. The summed E-state index contributed by atoms with van der Waals surface area (Å²) in [6.07, 6.45) is 0. The number of carbonyl (C=O) groups is 2. The van der Waals surface area contributed by atoms with Gasteiger partial charge in [0.05, 0.1) is 17.3 Å². The summed E-state index contributed by atoms with van der Waals surface area (Å²) < 4.78 is 16.9. The van der Waals surface area contributed by atoms with Crippen molar-refractivity contribution in [3.05, 3.63) is 88.6 Å². The van der Waals surface area contributed by atoms with Gasteiger partial charge in [-0.3, -0.25) is 9.59 Å². The third-order valence-electron chi connectivity index (χ3n) is 5.01. The second-order valence-electron chi connectivity index (χ2n) is 7.31. The van der Waals surface area contributed by atoms with E-state index in [-0.39, 0.29) is 12.4 Å². The predicted octanol–water partition coefficient (Wildman–Crippen LogP) is 6.04. The van der Waals surface area contributed by atoms with E-state index in [1.807, 2.05) is 32.0 Å². The van der Waals surface area contributed by atoms with Gasteiger partial charge < -0.3 is 19.2 Å². The maximum Gasteiger partial charge on any atom is 0.262 e. The van der Waals surface area contributed by atoms with Crippen molar-refractivity contribution in [1.29, 1.82) is 0 Å². The van der Waals surface area contributed by atoms with E-state index < -0.39 is 11.7 Å². The summed E-state index contributed by atoms with van der Waals surface area (Å²) >= 11 is 6.26. The molecule has 7 heteroatoms. The van der Waals surface area contributed by atoms with E-state index >= 15 is 0 Å². The average molecular weight is 464 g/mol. The largest absolute Gasteiger partial charge is 0.492 e. The number of nitrogens with one attached hydrogen (secondary N) is 1. The number of carbonyl (C=O) groups excluding carboxylic acids is 2.